The van der Waals surface area contributed by atoms with Gasteiger partial charge < -0.3 is 19.3 Å². The lowest BCUT2D eigenvalue weighted by Crippen LogP contribution is -2.45. The van der Waals surface area contributed by atoms with E-state index in [0.717, 1.165) is 37.4 Å². The average Bonchev–Trinajstić information content (AvgIpc) is 3.15. The molecule has 0 saturated carbocycles. The molecule has 9 nitrogen and oxygen atoms in total. The summed E-state index contributed by atoms with van der Waals surface area (Å²) in [5, 5.41) is 12.4. The van der Waals surface area contributed by atoms with Gasteiger partial charge in [0.1, 0.15) is 12.1 Å². The van der Waals surface area contributed by atoms with Gasteiger partial charge in [0, 0.05) is 46.3 Å². The van der Waals surface area contributed by atoms with Crippen molar-refractivity contribution in [3.63, 3.8) is 0 Å². The lowest BCUT2D eigenvalue weighted by molar-refractivity contribution is -0.137. The molecule has 0 atom stereocenters. The summed E-state index contributed by atoms with van der Waals surface area (Å²) in [5.74, 6) is 1.12. The zero-order valence-electron chi connectivity index (χ0n) is 15.4. The molecule has 1 amide bonds. The van der Waals surface area contributed by atoms with Gasteiger partial charge in [-0.2, -0.15) is 4.52 Å². The Balaban J connectivity index is 1.58. The predicted octanol–water partition coefficient (Wildman–Crippen LogP) is 0.462. The number of carbonyl (C=O) groups is 1. The first kappa shape index (κ1) is 18.5. The Morgan fingerprint density at radius 1 is 1.19 bits per heavy atom. The van der Waals surface area contributed by atoms with Gasteiger partial charge in [0.2, 0.25) is 5.91 Å². The standard InChI is InChI=1S/C17H26N6O3/c1-25-11-9-22(10-12-26-2)17(24)14-5-7-21(8-6-14)16-4-3-15-19-18-13-23(15)20-16/h3-4,13-14H,5-12H2,1-2H3. The Hall–Kier alpha value is -2.26. The van der Waals surface area contributed by atoms with E-state index >= 15 is 0 Å². The van der Waals surface area contributed by atoms with E-state index in [1.54, 1.807) is 25.1 Å². The highest BCUT2D eigenvalue weighted by molar-refractivity contribution is 5.79. The van der Waals surface area contributed by atoms with Crippen LogP contribution in [0.15, 0.2) is 18.5 Å². The predicted molar refractivity (Wildman–Crippen MR) is 96.1 cm³/mol. The summed E-state index contributed by atoms with van der Waals surface area (Å²) in [6.45, 7) is 3.89. The molecule has 1 aliphatic rings. The van der Waals surface area contributed by atoms with Gasteiger partial charge in [-0.1, -0.05) is 0 Å². The van der Waals surface area contributed by atoms with Crippen LogP contribution in [0.5, 0.6) is 0 Å². The van der Waals surface area contributed by atoms with Crippen LogP contribution in [0.2, 0.25) is 0 Å². The molecule has 0 radical (unpaired) electrons. The Morgan fingerprint density at radius 3 is 2.54 bits per heavy atom. The highest BCUT2D eigenvalue weighted by Gasteiger charge is 2.29. The van der Waals surface area contributed by atoms with Crippen molar-refractivity contribution in [2.75, 3.05) is 58.5 Å². The molecule has 0 bridgehead atoms. The van der Waals surface area contributed by atoms with E-state index in [4.69, 9.17) is 9.47 Å². The lowest BCUT2D eigenvalue weighted by Gasteiger charge is -2.34. The number of amides is 1. The van der Waals surface area contributed by atoms with Crippen molar-refractivity contribution in [3.8, 4) is 0 Å². The molecular formula is C17H26N6O3. The number of aromatic nitrogens is 4. The van der Waals surface area contributed by atoms with Gasteiger partial charge in [-0.05, 0) is 25.0 Å². The lowest BCUT2D eigenvalue weighted by atomic mass is 9.95. The average molecular weight is 362 g/mol. The van der Waals surface area contributed by atoms with Crippen molar-refractivity contribution in [2.45, 2.75) is 12.8 Å². The second-order valence-electron chi connectivity index (χ2n) is 6.40. The summed E-state index contributed by atoms with van der Waals surface area (Å²) in [4.78, 5) is 16.9. The monoisotopic (exact) mass is 362 g/mol. The first-order valence-electron chi connectivity index (χ1n) is 8.91. The smallest absolute Gasteiger partial charge is 0.225 e. The summed E-state index contributed by atoms with van der Waals surface area (Å²) >= 11 is 0. The maximum Gasteiger partial charge on any atom is 0.225 e. The van der Waals surface area contributed by atoms with Crippen LogP contribution in [0.1, 0.15) is 12.8 Å². The molecule has 142 valence electrons. The van der Waals surface area contributed by atoms with Gasteiger partial charge in [0.15, 0.2) is 5.65 Å². The highest BCUT2D eigenvalue weighted by Crippen LogP contribution is 2.23. The maximum absolute atomic E-state index is 12.9. The second-order valence-corrected chi connectivity index (χ2v) is 6.40. The van der Waals surface area contributed by atoms with E-state index in [1.165, 1.54) is 0 Å². The molecule has 1 fully saturated rings. The highest BCUT2D eigenvalue weighted by atomic mass is 16.5. The van der Waals surface area contributed by atoms with Crippen LogP contribution in [0.4, 0.5) is 5.82 Å². The van der Waals surface area contributed by atoms with Crippen LogP contribution in [-0.2, 0) is 14.3 Å². The molecular weight excluding hydrogens is 336 g/mol. The van der Waals surface area contributed by atoms with E-state index < -0.39 is 0 Å². The second kappa shape index (κ2) is 8.91. The molecule has 2 aromatic heterocycles. The number of rotatable bonds is 8. The summed E-state index contributed by atoms with van der Waals surface area (Å²) < 4.78 is 11.9. The molecule has 0 aromatic carbocycles. The van der Waals surface area contributed by atoms with Crippen molar-refractivity contribution in [3.05, 3.63) is 18.5 Å². The molecule has 0 spiro atoms. The molecule has 3 heterocycles. The number of hydrogen-bond donors (Lipinski definition) is 0. The Kier molecular flexibility index (Phi) is 6.35. The molecule has 3 rings (SSSR count). The Bertz CT molecular complexity index is 705. The van der Waals surface area contributed by atoms with Gasteiger partial charge in [0.05, 0.1) is 13.2 Å². The minimum atomic E-state index is 0.0404. The molecule has 0 N–H and O–H groups in total. The molecule has 0 aliphatic carbocycles. The third-order valence-electron chi connectivity index (χ3n) is 4.76. The van der Waals surface area contributed by atoms with E-state index in [9.17, 15) is 4.79 Å². The Labute approximate surface area is 152 Å². The van der Waals surface area contributed by atoms with Crippen molar-refractivity contribution in [2.24, 2.45) is 5.92 Å². The van der Waals surface area contributed by atoms with E-state index in [-0.39, 0.29) is 11.8 Å². The quantitative estimate of drug-likeness (QED) is 0.674. The number of anilines is 1. The summed E-state index contributed by atoms with van der Waals surface area (Å²) in [6, 6.07) is 3.86. The summed E-state index contributed by atoms with van der Waals surface area (Å²) in [5.41, 5.74) is 0.728. The maximum atomic E-state index is 12.9. The number of carbonyl (C=O) groups excluding carboxylic acids is 1. The molecule has 1 aliphatic heterocycles. The van der Waals surface area contributed by atoms with Gasteiger partial charge in [-0.15, -0.1) is 15.3 Å². The molecule has 1 saturated heterocycles. The zero-order valence-corrected chi connectivity index (χ0v) is 15.4. The minimum absolute atomic E-state index is 0.0404. The fourth-order valence-electron chi connectivity index (χ4n) is 3.24. The fraction of sp³-hybridized carbons (Fsp3) is 0.647. The van der Waals surface area contributed by atoms with Crippen molar-refractivity contribution in [1.82, 2.24) is 24.7 Å². The summed E-state index contributed by atoms with van der Waals surface area (Å²) in [6.07, 6.45) is 3.23. The number of piperidine rings is 1. The van der Waals surface area contributed by atoms with Crippen LogP contribution in [0.25, 0.3) is 5.65 Å². The van der Waals surface area contributed by atoms with Gasteiger partial charge in [-0.3, -0.25) is 4.79 Å². The van der Waals surface area contributed by atoms with Gasteiger partial charge in [0.25, 0.3) is 0 Å². The van der Waals surface area contributed by atoms with Crippen LogP contribution in [0, 0.1) is 5.92 Å². The SMILES string of the molecule is COCCN(CCOC)C(=O)C1CCN(c2ccc3nncn3n2)CC1. The van der Waals surface area contributed by atoms with E-state index in [1.807, 2.05) is 17.0 Å². The van der Waals surface area contributed by atoms with Gasteiger partial charge >= 0.3 is 0 Å². The first-order valence-corrected chi connectivity index (χ1v) is 8.91. The minimum Gasteiger partial charge on any atom is -0.383 e. The van der Waals surface area contributed by atoms with Crippen molar-refractivity contribution in [1.29, 1.82) is 0 Å². The third-order valence-corrected chi connectivity index (χ3v) is 4.76. The number of fused-ring (bicyclic) bond motifs is 1. The third kappa shape index (κ3) is 4.28. The molecule has 0 unspecified atom stereocenters. The molecule has 9 heteroatoms. The number of methoxy groups -OCH3 is 2. The molecule has 2 aromatic rings. The van der Waals surface area contributed by atoms with Crippen LogP contribution in [-0.4, -0.2) is 84.2 Å². The van der Waals surface area contributed by atoms with Crippen molar-refractivity contribution < 1.29 is 14.3 Å². The fourth-order valence-corrected chi connectivity index (χ4v) is 3.24. The Morgan fingerprint density at radius 2 is 1.88 bits per heavy atom. The molecule has 26 heavy (non-hydrogen) atoms. The van der Waals surface area contributed by atoms with E-state index in [2.05, 4.69) is 20.2 Å². The van der Waals surface area contributed by atoms with Crippen LogP contribution in [0.3, 0.4) is 0 Å². The van der Waals surface area contributed by atoms with Crippen LogP contribution < -0.4 is 4.90 Å². The normalized spacial score (nSPS) is 15.5. The summed E-state index contributed by atoms with van der Waals surface area (Å²) in [7, 11) is 3.30. The van der Waals surface area contributed by atoms with E-state index in [0.29, 0.717) is 26.3 Å². The van der Waals surface area contributed by atoms with Crippen molar-refractivity contribution >= 4 is 17.4 Å². The topological polar surface area (TPSA) is 85.1 Å². The van der Waals surface area contributed by atoms with Gasteiger partial charge in [-0.25, -0.2) is 0 Å². The largest absolute Gasteiger partial charge is 0.383 e. The zero-order chi connectivity index (χ0) is 18.4. The first-order chi connectivity index (χ1) is 12.7. The number of ether oxygens (including phenoxy) is 2. The number of nitrogens with zero attached hydrogens (tertiary/aromatic N) is 6. The van der Waals surface area contributed by atoms with Crippen LogP contribution >= 0.6 is 0 Å². The number of hydrogen-bond acceptors (Lipinski definition) is 7.